The van der Waals surface area contributed by atoms with E-state index in [0.717, 1.165) is 51.4 Å². The predicted molar refractivity (Wildman–Crippen MR) is 176 cm³/mol. The summed E-state index contributed by atoms with van der Waals surface area (Å²) in [6, 6.07) is 17.1. The molecular formula is C35H36FN7O3. The molecule has 0 bridgehead atoms. The highest BCUT2D eigenvalue weighted by atomic mass is 19.1. The molecule has 236 valence electrons. The van der Waals surface area contributed by atoms with Gasteiger partial charge in [-0.15, -0.1) is 0 Å². The SMILES string of the molecule is COc1cc(C(=O)N2C[C@H](N)C[C@@H](F)C2)cc2nc(-c3cc4ccc(-c5ccc(/C=C/C(N)=O)cc5)nc4n3CC3CC3)n(C)c12. The molecule has 5 aromatic rings. The van der Waals surface area contributed by atoms with Crippen LogP contribution in [-0.4, -0.2) is 68.2 Å². The minimum Gasteiger partial charge on any atom is -0.494 e. The molecule has 0 unspecified atom stereocenters. The number of imidazole rings is 1. The van der Waals surface area contributed by atoms with E-state index < -0.39 is 18.1 Å². The highest BCUT2D eigenvalue weighted by molar-refractivity contribution is 6.00. The Labute approximate surface area is 265 Å². The number of rotatable bonds is 8. The highest BCUT2D eigenvalue weighted by Gasteiger charge is 2.30. The Morgan fingerprint density at radius 1 is 1.07 bits per heavy atom. The molecule has 1 saturated carbocycles. The zero-order valence-corrected chi connectivity index (χ0v) is 25.8. The molecule has 2 amide bonds. The molecule has 2 atom stereocenters. The van der Waals surface area contributed by atoms with Crippen LogP contribution in [0.4, 0.5) is 4.39 Å². The second-order valence-corrected chi connectivity index (χ2v) is 12.4. The molecule has 0 radical (unpaired) electrons. The second kappa shape index (κ2) is 11.7. The van der Waals surface area contributed by atoms with Crippen LogP contribution in [0.25, 0.3) is 50.9 Å². The van der Waals surface area contributed by atoms with Crippen LogP contribution in [0.5, 0.6) is 5.75 Å². The molecule has 2 aliphatic rings. The number of hydrogen-bond donors (Lipinski definition) is 2. The highest BCUT2D eigenvalue weighted by Crippen LogP contribution is 2.38. The number of aromatic nitrogens is 4. The van der Waals surface area contributed by atoms with E-state index in [9.17, 15) is 14.0 Å². The van der Waals surface area contributed by atoms with E-state index in [2.05, 4.69) is 16.7 Å². The number of nitrogens with zero attached hydrogens (tertiary/aromatic N) is 5. The number of primary amides is 1. The number of pyridine rings is 1. The lowest BCUT2D eigenvalue weighted by atomic mass is 10.0. The topological polar surface area (TPSA) is 134 Å². The number of piperidine rings is 1. The van der Waals surface area contributed by atoms with Crippen molar-refractivity contribution in [3.05, 3.63) is 71.8 Å². The molecular weight excluding hydrogens is 585 g/mol. The second-order valence-electron chi connectivity index (χ2n) is 12.4. The molecule has 2 fully saturated rings. The van der Waals surface area contributed by atoms with Gasteiger partial charge in [-0.2, -0.15) is 0 Å². The van der Waals surface area contributed by atoms with Gasteiger partial charge in [0.15, 0.2) is 5.82 Å². The minimum absolute atomic E-state index is 0.0209. The largest absolute Gasteiger partial charge is 0.494 e. The molecule has 10 nitrogen and oxygen atoms in total. The number of benzene rings is 2. The van der Waals surface area contributed by atoms with Crippen LogP contribution in [0, 0.1) is 5.92 Å². The first kappa shape index (κ1) is 29.7. The number of aryl methyl sites for hydroxylation is 1. The number of alkyl halides is 1. The molecule has 2 aromatic carbocycles. The van der Waals surface area contributed by atoms with Gasteiger partial charge in [-0.3, -0.25) is 9.59 Å². The number of halogens is 1. The Morgan fingerprint density at radius 2 is 1.85 bits per heavy atom. The van der Waals surface area contributed by atoms with Gasteiger partial charge in [0.25, 0.3) is 5.91 Å². The Balaban J connectivity index is 1.29. The standard InChI is InChI=1S/C35H36FN7O3/c1-41-32-28(13-24(15-30(32)46-2)35(45)42-18-25(36)16-26(37)19-42)40-34(41)29-14-23-10-11-27(39-33(23)43(29)17-21-3-4-21)22-8-5-20(6-9-22)7-12-31(38)44/h5-15,21,25-26H,3-4,16-19,37H2,1-2H3,(H2,38,44)/b12-7+/t25-,26-/m1/s1. The third-order valence-electron chi connectivity index (χ3n) is 8.88. The summed E-state index contributed by atoms with van der Waals surface area (Å²) in [5.41, 5.74) is 17.5. The van der Waals surface area contributed by atoms with Crippen LogP contribution in [-0.2, 0) is 18.4 Å². The number of methoxy groups -OCH3 is 1. The maximum atomic E-state index is 14.3. The van der Waals surface area contributed by atoms with Gasteiger partial charge in [-0.1, -0.05) is 24.3 Å². The Morgan fingerprint density at radius 3 is 2.54 bits per heavy atom. The Hall–Kier alpha value is -5.03. The Bertz CT molecular complexity index is 2000. The van der Waals surface area contributed by atoms with Crippen LogP contribution in [0.2, 0.25) is 0 Å². The third-order valence-corrected chi connectivity index (χ3v) is 8.88. The number of ether oxygens (including phenoxy) is 1. The number of amides is 2. The van der Waals surface area contributed by atoms with Crippen molar-refractivity contribution in [2.45, 2.75) is 38.0 Å². The molecule has 1 aliphatic carbocycles. The molecule has 0 spiro atoms. The molecule has 1 aliphatic heterocycles. The number of nitrogens with two attached hydrogens (primary N) is 2. The van der Waals surface area contributed by atoms with Crippen molar-refractivity contribution >= 4 is 40.0 Å². The van der Waals surface area contributed by atoms with Gasteiger partial charge in [0.05, 0.1) is 30.6 Å². The number of likely N-dealkylation sites (tertiary alicyclic amines) is 1. The van der Waals surface area contributed by atoms with Crippen molar-refractivity contribution in [1.29, 1.82) is 0 Å². The van der Waals surface area contributed by atoms with Crippen molar-refractivity contribution in [3.63, 3.8) is 0 Å². The van der Waals surface area contributed by atoms with Crippen molar-refractivity contribution in [1.82, 2.24) is 24.0 Å². The van der Waals surface area contributed by atoms with E-state index in [-0.39, 0.29) is 18.9 Å². The van der Waals surface area contributed by atoms with Gasteiger partial charge in [0.2, 0.25) is 5.91 Å². The smallest absolute Gasteiger partial charge is 0.254 e. The monoisotopic (exact) mass is 621 g/mol. The zero-order chi connectivity index (χ0) is 32.1. The van der Waals surface area contributed by atoms with E-state index >= 15 is 0 Å². The fourth-order valence-corrected chi connectivity index (χ4v) is 6.40. The van der Waals surface area contributed by atoms with Crippen LogP contribution < -0.4 is 16.2 Å². The summed E-state index contributed by atoms with van der Waals surface area (Å²) >= 11 is 0. The summed E-state index contributed by atoms with van der Waals surface area (Å²) < 4.78 is 24.3. The third kappa shape index (κ3) is 5.62. The summed E-state index contributed by atoms with van der Waals surface area (Å²) in [6.07, 6.45) is 4.46. The van der Waals surface area contributed by atoms with E-state index in [1.54, 1.807) is 25.3 Å². The van der Waals surface area contributed by atoms with E-state index in [1.807, 2.05) is 41.9 Å². The fourth-order valence-electron chi connectivity index (χ4n) is 6.40. The molecule has 4 N–H and O–H groups in total. The summed E-state index contributed by atoms with van der Waals surface area (Å²) in [5.74, 6) is 1.03. The summed E-state index contributed by atoms with van der Waals surface area (Å²) in [6.45, 7) is 1.14. The summed E-state index contributed by atoms with van der Waals surface area (Å²) in [4.78, 5) is 36.2. The van der Waals surface area contributed by atoms with Crippen molar-refractivity contribution in [3.8, 4) is 28.5 Å². The average Bonchev–Trinajstić information content (AvgIpc) is 3.71. The van der Waals surface area contributed by atoms with Crippen LogP contribution in [0.15, 0.2) is 60.7 Å². The van der Waals surface area contributed by atoms with Gasteiger partial charge in [0.1, 0.15) is 23.1 Å². The maximum Gasteiger partial charge on any atom is 0.254 e. The van der Waals surface area contributed by atoms with Gasteiger partial charge in [0, 0.05) is 48.8 Å². The lowest BCUT2D eigenvalue weighted by molar-refractivity contribution is -0.113. The van der Waals surface area contributed by atoms with Crippen molar-refractivity contribution < 1.29 is 18.7 Å². The first-order valence-electron chi connectivity index (χ1n) is 15.5. The molecule has 4 heterocycles. The number of carbonyl (C=O) groups is 2. The molecule has 7 rings (SSSR count). The first-order valence-corrected chi connectivity index (χ1v) is 15.5. The van der Waals surface area contributed by atoms with Gasteiger partial charge in [-0.05, 0) is 67.2 Å². The Kier molecular flexibility index (Phi) is 7.56. The lowest BCUT2D eigenvalue weighted by Crippen LogP contribution is -2.50. The average molecular weight is 622 g/mol. The van der Waals surface area contributed by atoms with Crippen LogP contribution >= 0.6 is 0 Å². The maximum absolute atomic E-state index is 14.3. The van der Waals surface area contributed by atoms with Gasteiger partial charge < -0.3 is 30.2 Å². The van der Waals surface area contributed by atoms with Gasteiger partial charge in [-0.25, -0.2) is 14.4 Å². The van der Waals surface area contributed by atoms with Crippen LogP contribution in [0.1, 0.15) is 35.2 Å². The van der Waals surface area contributed by atoms with E-state index in [4.69, 9.17) is 26.2 Å². The normalized spacial score (nSPS) is 18.6. The molecule has 46 heavy (non-hydrogen) atoms. The number of carbonyl (C=O) groups excluding carboxylic acids is 2. The molecule has 11 heteroatoms. The van der Waals surface area contributed by atoms with E-state index in [0.29, 0.717) is 29.3 Å². The van der Waals surface area contributed by atoms with Crippen molar-refractivity contribution in [2.75, 3.05) is 20.2 Å². The fraction of sp³-hybridized carbons (Fsp3) is 0.314. The number of fused-ring (bicyclic) bond motifs is 2. The van der Waals surface area contributed by atoms with Gasteiger partial charge >= 0.3 is 0 Å². The summed E-state index contributed by atoms with van der Waals surface area (Å²) in [5, 5.41) is 0.998. The van der Waals surface area contributed by atoms with E-state index in [1.165, 1.54) is 23.8 Å². The molecule has 3 aromatic heterocycles. The number of hydrogen-bond acceptors (Lipinski definition) is 6. The first-order chi connectivity index (χ1) is 22.2. The van der Waals surface area contributed by atoms with Crippen LogP contribution in [0.3, 0.4) is 0 Å². The van der Waals surface area contributed by atoms with Crippen molar-refractivity contribution in [2.24, 2.45) is 24.4 Å². The quantitative estimate of drug-likeness (QED) is 0.242. The predicted octanol–water partition coefficient (Wildman–Crippen LogP) is 4.69. The minimum atomic E-state index is -1.15. The summed E-state index contributed by atoms with van der Waals surface area (Å²) in [7, 11) is 3.51. The molecule has 1 saturated heterocycles. The lowest BCUT2D eigenvalue weighted by Gasteiger charge is -2.33. The zero-order valence-electron chi connectivity index (χ0n) is 25.8.